The Hall–Kier alpha value is -0.300. The fraction of sp³-hybridized carbons (Fsp3) is 0.667. The van der Waals surface area contributed by atoms with Gasteiger partial charge < -0.3 is 0 Å². The number of thiophene rings is 1. The van der Waals surface area contributed by atoms with Crippen molar-refractivity contribution in [1.82, 2.24) is 0 Å². The highest BCUT2D eigenvalue weighted by atomic mass is 32.1. The largest absolute Gasteiger partial charge is 0.149 e. The van der Waals surface area contributed by atoms with Gasteiger partial charge in [0.25, 0.3) is 0 Å². The Morgan fingerprint density at radius 2 is 1.85 bits per heavy atom. The Morgan fingerprint density at radius 1 is 1.23 bits per heavy atom. The zero-order valence-electron chi connectivity index (χ0n) is 9.29. The van der Waals surface area contributed by atoms with E-state index in [9.17, 15) is 0 Å². The quantitative estimate of drug-likeness (QED) is 0.651. The molecule has 0 aromatic carbocycles. The van der Waals surface area contributed by atoms with Crippen molar-refractivity contribution >= 4 is 11.3 Å². The van der Waals surface area contributed by atoms with Crippen molar-refractivity contribution < 1.29 is 0 Å². The van der Waals surface area contributed by atoms with Crippen LogP contribution in [0.25, 0.3) is 0 Å². The van der Waals surface area contributed by atoms with E-state index in [-0.39, 0.29) is 0 Å². The van der Waals surface area contributed by atoms with Crippen LogP contribution in [0.2, 0.25) is 0 Å². The third-order valence-corrected chi connectivity index (χ3v) is 3.40. The van der Waals surface area contributed by atoms with Gasteiger partial charge in [0, 0.05) is 10.8 Å². The molecule has 0 unspecified atom stereocenters. The molecule has 0 aliphatic carbocycles. The molecule has 0 nitrogen and oxygen atoms in total. The SMILES string of the molecule is CC(C)[C@@H](c1cccs1)C(C)(C)C. The number of hydrogen-bond donors (Lipinski definition) is 0. The van der Waals surface area contributed by atoms with E-state index in [1.807, 2.05) is 11.3 Å². The zero-order chi connectivity index (χ0) is 10.1. The molecule has 1 aromatic heterocycles. The van der Waals surface area contributed by atoms with Gasteiger partial charge in [-0.15, -0.1) is 11.3 Å². The molecule has 0 aliphatic rings. The zero-order valence-corrected chi connectivity index (χ0v) is 10.1. The number of rotatable bonds is 2. The van der Waals surface area contributed by atoms with Crippen molar-refractivity contribution in [3.05, 3.63) is 22.4 Å². The average Bonchev–Trinajstić information content (AvgIpc) is 2.34. The molecule has 0 N–H and O–H groups in total. The highest BCUT2D eigenvalue weighted by Gasteiger charge is 2.29. The highest BCUT2D eigenvalue weighted by Crippen LogP contribution is 2.42. The van der Waals surface area contributed by atoms with Crippen LogP contribution in [0.15, 0.2) is 17.5 Å². The normalized spacial score (nSPS) is 14.9. The number of hydrogen-bond acceptors (Lipinski definition) is 1. The fourth-order valence-electron chi connectivity index (χ4n) is 2.22. The van der Waals surface area contributed by atoms with Crippen molar-refractivity contribution in [2.75, 3.05) is 0 Å². The third-order valence-electron chi connectivity index (χ3n) is 2.45. The first kappa shape index (κ1) is 10.8. The molecule has 13 heavy (non-hydrogen) atoms. The smallest absolute Gasteiger partial charge is 0.00839 e. The van der Waals surface area contributed by atoms with E-state index in [2.05, 4.69) is 52.1 Å². The van der Waals surface area contributed by atoms with Crippen molar-refractivity contribution in [1.29, 1.82) is 0 Å². The Labute approximate surface area is 86.0 Å². The van der Waals surface area contributed by atoms with Gasteiger partial charge in [0.15, 0.2) is 0 Å². The summed E-state index contributed by atoms with van der Waals surface area (Å²) in [7, 11) is 0. The van der Waals surface area contributed by atoms with Crippen LogP contribution in [0.4, 0.5) is 0 Å². The molecule has 74 valence electrons. The van der Waals surface area contributed by atoms with Gasteiger partial charge in [-0.2, -0.15) is 0 Å². The minimum atomic E-state index is 0.374. The lowest BCUT2D eigenvalue weighted by molar-refractivity contribution is 0.262. The molecular formula is C12H20S. The van der Waals surface area contributed by atoms with Crippen molar-refractivity contribution in [2.24, 2.45) is 11.3 Å². The van der Waals surface area contributed by atoms with Crippen molar-refractivity contribution in [3.63, 3.8) is 0 Å². The van der Waals surface area contributed by atoms with E-state index in [1.54, 1.807) is 0 Å². The summed E-state index contributed by atoms with van der Waals surface area (Å²) >= 11 is 1.89. The summed E-state index contributed by atoms with van der Waals surface area (Å²) < 4.78 is 0. The second kappa shape index (κ2) is 3.83. The third kappa shape index (κ3) is 2.57. The summed E-state index contributed by atoms with van der Waals surface area (Å²) in [5.74, 6) is 1.41. The Morgan fingerprint density at radius 3 is 2.15 bits per heavy atom. The molecule has 0 spiro atoms. The van der Waals surface area contributed by atoms with E-state index in [0.717, 1.165) is 5.92 Å². The van der Waals surface area contributed by atoms with Gasteiger partial charge in [-0.3, -0.25) is 0 Å². The molecule has 1 rings (SSSR count). The maximum Gasteiger partial charge on any atom is 0.00839 e. The van der Waals surface area contributed by atoms with Gasteiger partial charge in [-0.05, 0) is 22.8 Å². The van der Waals surface area contributed by atoms with Crippen LogP contribution >= 0.6 is 11.3 Å². The minimum Gasteiger partial charge on any atom is -0.149 e. The summed E-state index contributed by atoms with van der Waals surface area (Å²) in [6.45, 7) is 11.6. The van der Waals surface area contributed by atoms with Crippen LogP contribution in [0.5, 0.6) is 0 Å². The lowest BCUT2D eigenvalue weighted by atomic mass is 9.73. The summed E-state index contributed by atoms with van der Waals surface area (Å²) in [6, 6.07) is 4.42. The molecule has 1 aromatic rings. The maximum absolute atomic E-state index is 2.33. The maximum atomic E-state index is 2.33. The Kier molecular flexibility index (Phi) is 3.18. The molecule has 0 amide bonds. The molecule has 1 heteroatoms. The molecule has 1 atom stereocenters. The van der Waals surface area contributed by atoms with E-state index < -0.39 is 0 Å². The van der Waals surface area contributed by atoms with Crippen LogP contribution in [-0.2, 0) is 0 Å². The molecule has 0 saturated heterocycles. The van der Waals surface area contributed by atoms with Gasteiger partial charge in [0.05, 0.1) is 0 Å². The highest BCUT2D eigenvalue weighted by molar-refractivity contribution is 7.10. The van der Waals surface area contributed by atoms with Crippen molar-refractivity contribution in [3.8, 4) is 0 Å². The predicted octanol–water partition coefficient (Wildman–Crippen LogP) is 4.53. The lowest BCUT2D eigenvalue weighted by Crippen LogP contribution is -2.22. The predicted molar refractivity (Wildman–Crippen MR) is 61.4 cm³/mol. The van der Waals surface area contributed by atoms with E-state index in [4.69, 9.17) is 0 Å². The Balaban J connectivity index is 2.94. The summed E-state index contributed by atoms with van der Waals surface area (Å²) in [5.41, 5.74) is 0.374. The Bertz CT molecular complexity index is 239. The van der Waals surface area contributed by atoms with Crippen LogP contribution < -0.4 is 0 Å². The van der Waals surface area contributed by atoms with Crippen LogP contribution in [0.1, 0.15) is 45.4 Å². The molecule has 0 radical (unpaired) electrons. The topological polar surface area (TPSA) is 0 Å². The average molecular weight is 196 g/mol. The van der Waals surface area contributed by atoms with Gasteiger partial charge in [-0.25, -0.2) is 0 Å². The monoisotopic (exact) mass is 196 g/mol. The van der Waals surface area contributed by atoms with E-state index in [1.165, 1.54) is 4.88 Å². The minimum absolute atomic E-state index is 0.374. The van der Waals surface area contributed by atoms with Crippen molar-refractivity contribution in [2.45, 2.75) is 40.5 Å². The molecule has 0 bridgehead atoms. The molecule has 1 heterocycles. The van der Waals surface area contributed by atoms with Gasteiger partial charge in [0.2, 0.25) is 0 Å². The van der Waals surface area contributed by atoms with Crippen LogP contribution in [-0.4, -0.2) is 0 Å². The molecule has 0 aliphatic heterocycles. The second-order valence-electron chi connectivity index (χ2n) is 5.10. The van der Waals surface area contributed by atoms with Gasteiger partial charge in [-0.1, -0.05) is 40.7 Å². The van der Waals surface area contributed by atoms with Crippen LogP contribution in [0.3, 0.4) is 0 Å². The molecular weight excluding hydrogens is 176 g/mol. The standard InChI is InChI=1S/C12H20S/c1-9(2)11(12(3,4)5)10-7-6-8-13-10/h6-9,11H,1-5H3/t11-/m0/s1. The lowest BCUT2D eigenvalue weighted by Gasteiger charge is -2.33. The first-order chi connectivity index (χ1) is 5.93. The fourth-order valence-corrected chi connectivity index (χ4v) is 3.47. The van der Waals surface area contributed by atoms with Gasteiger partial charge >= 0.3 is 0 Å². The molecule has 0 saturated carbocycles. The van der Waals surface area contributed by atoms with E-state index in [0.29, 0.717) is 11.3 Å². The first-order valence-electron chi connectivity index (χ1n) is 4.96. The second-order valence-corrected chi connectivity index (χ2v) is 6.08. The summed E-state index contributed by atoms with van der Waals surface area (Å²) in [5, 5.41) is 2.18. The summed E-state index contributed by atoms with van der Waals surface area (Å²) in [6.07, 6.45) is 0. The van der Waals surface area contributed by atoms with E-state index >= 15 is 0 Å². The summed E-state index contributed by atoms with van der Waals surface area (Å²) in [4.78, 5) is 1.53. The first-order valence-corrected chi connectivity index (χ1v) is 5.84. The molecule has 0 fully saturated rings. The van der Waals surface area contributed by atoms with Crippen LogP contribution in [0, 0.1) is 11.3 Å². The van der Waals surface area contributed by atoms with Gasteiger partial charge in [0.1, 0.15) is 0 Å².